The summed E-state index contributed by atoms with van der Waals surface area (Å²) in [5.41, 5.74) is 5.94. The molecule has 1 saturated heterocycles. The molecule has 4 aliphatic heterocycles. The lowest BCUT2D eigenvalue weighted by atomic mass is 9.72. The van der Waals surface area contributed by atoms with Crippen LogP contribution in [0.25, 0.3) is 0 Å². The van der Waals surface area contributed by atoms with Gasteiger partial charge >= 0.3 is 0 Å². The van der Waals surface area contributed by atoms with Crippen LogP contribution in [0.3, 0.4) is 0 Å². The molecule has 1 fully saturated rings. The molecule has 0 unspecified atom stereocenters. The number of hydrogen-bond acceptors (Lipinski definition) is 11. The normalized spacial score (nSPS) is 21.6. The van der Waals surface area contributed by atoms with Crippen LogP contribution in [-0.4, -0.2) is 85.6 Å². The molecule has 4 aliphatic rings. The third-order valence-corrected chi connectivity index (χ3v) is 17.7. The first-order valence-electron chi connectivity index (χ1n) is 20.9. The number of benzene rings is 4. The molecule has 2 bridgehead atoms. The number of nitrogens with zero attached hydrogens (tertiary/aromatic N) is 2. The minimum Gasteiger partial charge on any atom is -0.493 e. The van der Waals surface area contributed by atoms with Crippen molar-refractivity contribution in [2.45, 2.75) is 82.7 Å². The molecule has 0 spiro atoms. The number of piperazine rings is 1. The van der Waals surface area contributed by atoms with Gasteiger partial charge in [-0.15, -0.1) is 0 Å². The van der Waals surface area contributed by atoms with Gasteiger partial charge in [0.2, 0.25) is 6.79 Å². The molecule has 0 aromatic heterocycles. The minimum atomic E-state index is -3.05. The fourth-order valence-electron chi connectivity index (χ4n) is 10.3. The van der Waals surface area contributed by atoms with E-state index in [1.165, 1.54) is 10.4 Å². The first kappa shape index (κ1) is 41.8. The Morgan fingerprint density at radius 1 is 0.917 bits per heavy atom. The van der Waals surface area contributed by atoms with E-state index in [9.17, 15) is 5.26 Å². The molecule has 60 heavy (non-hydrogen) atoms. The molecular formula is C48H57N3O8Si. The lowest BCUT2D eigenvalue weighted by molar-refractivity contribution is -0.0237. The Morgan fingerprint density at radius 2 is 1.62 bits per heavy atom. The summed E-state index contributed by atoms with van der Waals surface area (Å²) < 4.78 is 50.7. The number of nitriles is 1. The van der Waals surface area contributed by atoms with Gasteiger partial charge in [0, 0.05) is 41.4 Å². The zero-order chi connectivity index (χ0) is 42.2. The Kier molecular flexibility index (Phi) is 12.0. The van der Waals surface area contributed by atoms with Crippen LogP contribution in [-0.2, 0) is 26.7 Å². The van der Waals surface area contributed by atoms with Gasteiger partial charge in [-0.25, -0.2) is 0 Å². The monoisotopic (exact) mass is 831 g/mol. The zero-order valence-corrected chi connectivity index (χ0v) is 36.8. The van der Waals surface area contributed by atoms with Crippen LogP contribution in [0.4, 0.5) is 0 Å². The Hall–Kier alpha value is -4.87. The van der Waals surface area contributed by atoms with Gasteiger partial charge in [-0.3, -0.25) is 4.90 Å². The highest BCUT2D eigenvalue weighted by Gasteiger charge is 2.57. The average Bonchev–Trinajstić information content (AvgIpc) is 3.74. The van der Waals surface area contributed by atoms with Crippen molar-refractivity contribution < 1.29 is 37.6 Å². The quantitative estimate of drug-likeness (QED) is 0.0605. The number of ether oxygens (including phenoxy) is 7. The Balaban J connectivity index is 1.33. The van der Waals surface area contributed by atoms with Crippen molar-refractivity contribution in [3.8, 4) is 34.8 Å². The molecule has 12 heteroatoms. The third kappa shape index (κ3) is 7.05. The van der Waals surface area contributed by atoms with Gasteiger partial charge in [0.25, 0.3) is 8.32 Å². The Labute approximate surface area is 355 Å². The summed E-state index contributed by atoms with van der Waals surface area (Å²) in [6.45, 7) is 16.5. The predicted molar refractivity (Wildman–Crippen MR) is 232 cm³/mol. The van der Waals surface area contributed by atoms with Crippen LogP contribution < -0.4 is 39.4 Å². The van der Waals surface area contributed by atoms with Gasteiger partial charge in [-0.1, -0.05) is 100 Å². The van der Waals surface area contributed by atoms with Crippen molar-refractivity contribution in [2.75, 3.05) is 54.2 Å². The van der Waals surface area contributed by atoms with Crippen molar-refractivity contribution in [1.29, 1.82) is 5.26 Å². The number of fused-ring (bicyclic) bond motifs is 9. The number of rotatable bonds is 15. The van der Waals surface area contributed by atoms with Crippen LogP contribution in [0.2, 0.25) is 5.04 Å². The summed E-state index contributed by atoms with van der Waals surface area (Å²) in [5.74, 6) is 3.42. The molecule has 0 saturated carbocycles. The van der Waals surface area contributed by atoms with E-state index in [1.807, 2.05) is 13.8 Å². The highest BCUT2D eigenvalue weighted by Crippen LogP contribution is 2.57. The molecule has 316 valence electrons. The third-order valence-electron chi connectivity index (χ3n) is 12.7. The second-order valence-corrected chi connectivity index (χ2v) is 21.3. The van der Waals surface area contributed by atoms with Crippen LogP contribution in [0.1, 0.15) is 66.2 Å². The standard InChI is InChI=1S/C48H57N3O8Si/c1-9-20-55-44-31(3)45-47(58-29-57-45)41-35(44)25-37-42-40-32(23-30(2)43(53-8)46(40)56-28-54-22-21-52-7)24-36(50-42)38(26-49)51(37)39(41)27-59-60(48(4,5)6,33-16-12-10-13-17-33)34-18-14-11-15-19-34/h9-19,23,36-39,42,50H,1,20-22,24-25,27-29H2,2-8H3/t36-,37-,38-,39-,42-/m0/s1. The minimum absolute atomic E-state index is 0.0287. The maximum absolute atomic E-state index is 11.3. The van der Waals surface area contributed by atoms with E-state index in [0.29, 0.717) is 55.7 Å². The molecule has 5 atom stereocenters. The highest BCUT2D eigenvalue weighted by molar-refractivity contribution is 6.99. The average molecular weight is 832 g/mol. The van der Waals surface area contributed by atoms with Crippen molar-refractivity contribution in [1.82, 2.24) is 10.2 Å². The summed E-state index contributed by atoms with van der Waals surface area (Å²) >= 11 is 0. The molecule has 4 aromatic carbocycles. The van der Waals surface area contributed by atoms with Gasteiger partial charge < -0.3 is 42.9 Å². The second kappa shape index (κ2) is 17.2. The van der Waals surface area contributed by atoms with Gasteiger partial charge in [0.05, 0.1) is 45.1 Å². The second-order valence-electron chi connectivity index (χ2n) is 17.0. The van der Waals surface area contributed by atoms with Crippen molar-refractivity contribution >= 4 is 18.7 Å². The highest BCUT2D eigenvalue weighted by atomic mass is 28.4. The lowest BCUT2D eigenvalue weighted by Crippen LogP contribution is -2.70. The summed E-state index contributed by atoms with van der Waals surface area (Å²) in [6.07, 6.45) is 2.93. The maximum atomic E-state index is 11.3. The van der Waals surface area contributed by atoms with Gasteiger partial charge in [-0.05, 0) is 53.2 Å². The van der Waals surface area contributed by atoms with E-state index in [4.69, 9.17) is 37.6 Å². The fraction of sp³-hybridized carbons (Fsp3) is 0.438. The van der Waals surface area contributed by atoms with E-state index in [0.717, 1.165) is 39.1 Å². The van der Waals surface area contributed by atoms with Gasteiger partial charge in [0.15, 0.2) is 29.8 Å². The zero-order valence-electron chi connectivity index (χ0n) is 35.8. The summed E-state index contributed by atoms with van der Waals surface area (Å²) in [4.78, 5) is 2.41. The first-order chi connectivity index (χ1) is 29.1. The van der Waals surface area contributed by atoms with E-state index in [2.05, 4.69) is 110 Å². The number of methoxy groups -OCH3 is 2. The first-order valence-corrected chi connectivity index (χ1v) is 22.8. The summed E-state index contributed by atoms with van der Waals surface area (Å²) in [6, 6.07) is 24.7. The molecule has 1 N–H and O–H groups in total. The van der Waals surface area contributed by atoms with Gasteiger partial charge in [-0.2, -0.15) is 5.26 Å². The maximum Gasteiger partial charge on any atom is 0.261 e. The Bertz CT molecular complexity index is 2200. The molecule has 0 radical (unpaired) electrons. The Morgan fingerprint density at radius 3 is 2.25 bits per heavy atom. The van der Waals surface area contributed by atoms with Crippen molar-refractivity contribution in [3.05, 3.63) is 113 Å². The molecule has 4 heterocycles. The van der Waals surface area contributed by atoms with E-state index in [-0.39, 0.29) is 43.4 Å². The number of hydrogen-bond donors (Lipinski definition) is 1. The van der Waals surface area contributed by atoms with Crippen LogP contribution in [0, 0.1) is 25.2 Å². The predicted octanol–water partition coefficient (Wildman–Crippen LogP) is 6.61. The molecular weight excluding hydrogens is 775 g/mol. The number of aryl methyl sites for hydroxylation is 1. The SMILES string of the molecule is C=CCOc1c(C)c2c(c3c1C[C@H]1[C@@H]4N[C@@H](Cc5cc(C)c(OC)c(OCOCCOC)c54)[C@H](C#N)N1[C@H]3CO[Si](c1ccccc1)(c1ccccc1)C(C)(C)C)OCO2. The molecule has 4 aromatic rings. The largest absolute Gasteiger partial charge is 0.493 e. The summed E-state index contributed by atoms with van der Waals surface area (Å²) in [5, 5.41) is 17.4. The fourth-order valence-corrected chi connectivity index (χ4v) is 14.9. The van der Waals surface area contributed by atoms with Gasteiger partial charge in [0.1, 0.15) is 18.4 Å². The molecule has 8 rings (SSSR count). The van der Waals surface area contributed by atoms with E-state index < -0.39 is 20.4 Å². The lowest BCUT2D eigenvalue weighted by Gasteiger charge is -2.57. The summed E-state index contributed by atoms with van der Waals surface area (Å²) in [7, 11) is 0.268. The van der Waals surface area contributed by atoms with Crippen LogP contribution >= 0.6 is 0 Å². The van der Waals surface area contributed by atoms with Crippen LogP contribution in [0.5, 0.6) is 28.7 Å². The van der Waals surface area contributed by atoms with E-state index in [1.54, 1.807) is 20.3 Å². The number of nitrogens with one attached hydrogen (secondary N) is 1. The topological polar surface area (TPSA) is 113 Å². The van der Waals surface area contributed by atoms with Crippen LogP contribution in [0.15, 0.2) is 79.4 Å². The smallest absolute Gasteiger partial charge is 0.261 e. The molecule has 0 aliphatic carbocycles. The van der Waals surface area contributed by atoms with E-state index >= 15 is 0 Å². The molecule has 0 amide bonds. The van der Waals surface area contributed by atoms with Crippen molar-refractivity contribution in [3.63, 3.8) is 0 Å². The van der Waals surface area contributed by atoms with Crippen molar-refractivity contribution in [2.24, 2.45) is 0 Å². The molecule has 11 nitrogen and oxygen atoms in total.